The first-order chi connectivity index (χ1) is 11.5. The quantitative estimate of drug-likeness (QED) is 0.310. The van der Waals surface area contributed by atoms with Crippen LogP contribution in [0.5, 0.6) is 5.75 Å². The van der Waals surface area contributed by atoms with Crippen LogP contribution < -0.4 is 4.74 Å². The first kappa shape index (κ1) is 20.5. The number of hydrogen-bond donors (Lipinski definition) is 0. The van der Waals surface area contributed by atoms with E-state index in [1.807, 2.05) is 13.0 Å². The summed E-state index contributed by atoms with van der Waals surface area (Å²) in [4.78, 5) is 23.4. The number of ether oxygens (including phenoxy) is 2. The number of unbranched alkanes of at least 4 members (excludes halogenated alkanes) is 5. The number of rotatable bonds is 11. The summed E-state index contributed by atoms with van der Waals surface area (Å²) < 4.78 is 10.3. The van der Waals surface area contributed by atoms with Crippen molar-refractivity contribution >= 4 is 23.5 Å². The largest absolute Gasteiger partial charge is 0.466 e. The fraction of sp³-hybridized carbons (Fsp3) is 0.579. The zero-order valence-electron chi connectivity index (χ0n) is 14.6. The zero-order valence-corrected chi connectivity index (χ0v) is 15.4. The third-order valence-corrected chi connectivity index (χ3v) is 3.92. The number of hydrogen-bond acceptors (Lipinski definition) is 4. The molecule has 0 N–H and O–H groups in total. The van der Waals surface area contributed by atoms with Crippen molar-refractivity contribution in [1.82, 2.24) is 0 Å². The van der Waals surface area contributed by atoms with Gasteiger partial charge in [-0.1, -0.05) is 56.7 Å². The second-order valence-corrected chi connectivity index (χ2v) is 6.30. The molecule has 0 spiro atoms. The Morgan fingerprint density at radius 3 is 2.42 bits per heavy atom. The van der Waals surface area contributed by atoms with Crippen molar-refractivity contribution in [3.8, 4) is 5.75 Å². The second kappa shape index (κ2) is 11.9. The fourth-order valence-corrected chi connectivity index (χ4v) is 2.36. The van der Waals surface area contributed by atoms with Gasteiger partial charge in [-0.05, 0) is 31.0 Å². The molecule has 0 saturated carbocycles. The molecular weight excluding hydrogens is 328 g/mol. The normalized spacial score (nSPS) is 10.5. The first-order valence-electron chi connectivity index (χ1n) is 8.65. The number of benzene rings is 1. The van der Waals surface area contributed by atoms with E-state index in [0.29, 0.717) is 17.4 Å². The number of halogens is 1. The highest BCUT2D eigenvalue weighted by molar-refractivity contribution is 6.32. The van der Waals surface area contributed by atoms with Crippen molar-refractivity contribution < 1.29 is 19.1 Å². The highest BCUT2D eigenvalue weighted by atomic mass is 35.5. The van der Waals surface area contributed by atoms with Gasteiger partial charge >= 0.3 is 11.9 Å². The SMILES string of the molecule is CCCCCCCCOC(=O)CCC(=O)Oc1cc(C)ccc1Cl. The first-order valence-corrected chi connectivity index (χ1v) is 9.03. The highest BCUT2D eigenvalue weighted by Gasteiger charge is 2.12. The summed E-state index contributed by atoms with van der Waals surface area (Å²) in [7, 11) is 0. The van der Waals surface area contributed by atoms with E-state index < -0.39 is 5.97 Å². The lowest BCUT2D eigenvalue weighted by molar-refractivity contribution is -0.147. The molecule has 0 aliphatic heterocycles. The van der Waals surface area contributed by atoms with E-state index in [2.05, 4.69) is 6.92 Å². The molecule has 1 aromatic rings. The molecule has 0 heterocycles. The van der Waals surface area contributed by atoms with Gasteiger partial charge in [0.15, 0.2) is 0 Å². The third-order valence-electron chi connectivity index (χ3n) is 3.60. The molecule has 0 radical (unpaired) electrons. The standard InChI is InChI=1S/C19H27ClO4/c1-3-4-5-6-7-8-13-23-18(21)11-12-19(22)24-17-14-15(2)9-10-16(17)20/h9-10,14H,3-8,11-13H2,1-2H3. The molecule has 5 heteroatoms. The van der Waals surface area contributed by atoms with Gasteiger partial charge in [0.05, 0.1) is 24.5 Å². The number of esters is 2. The number of carbonyl (C=O) groups excluding carboxylic acids is 2. The molecule has 0 atom stereocenters. The van der Waals surface area contributed by atoms with Crippen LogP contribution in [0.3, 0.4) is 0 Å². The van der Waals surface area contributed by atoms with Gasteiger partial charge in [0.25, 0.3) is 0 Å². The van der Waals surface area contributed by atoms with Gasteiger partial charge in [0.1, 0.15) is 5.75 Å². The lowest BCUT2D eigenvalue weighted by Gasteiger charge is -2.07. The third kappa shape index (κ3) is 8.92. The number of carbonyl (C=O) groups is 2. The van der Waals surface area contributed by atoms with Gasteiger partial charge in [-0.15, -0.1) is 0 Å². The Hall–Kier alpha value is -1.55. The maximum absolute atomic E-state index is 11.8. The van der Waals surface area contributed by atoms with Crippen LogP contribution >= 0.6 is 11.6 Å². The van der Waals surface area contributed by atoms with E-state index in [4.69, 9.17) is 21.1 Å². The van der Waals surface area contributed by atoms with E-state index >= 15 is 0 Å². The molecule has 0 unspecified atom stereocenters. The molecule has 134 valence electrons. The molecule has 0 aliphatic carbocycles. The molecule has 0 saturated heterocycles. The van der Waals surface area contributed by atoms with Gasteiger partial charge in [-0.3, -0.25) is 9.59 Å². The smallest absolute Gasteiger partial charge is 0.311 e. The molecule has 1 rings (SSSR count). The monoisotopic (exact) mass is 354 g/mol. The maximum atomic E-state index is 11.8. The summed E-state index contributed by atoms with van der Waals surface area (Å²) in [5.41, 5.74) is 0.945. The van der Waals surface area contributed by atoms with E-state index in [0.717, 1.165) is 18.4 Å². The van der Waals surface area contributed by atoms with E-state index in [1.54, 1.807) is 12.1 Å². The molecule has 0 aromatic heterocycles. The Labute approximate surface area is 149 Å². The van der Waals surface area contributed by atoms with Gasteiger partial charge in [0, 0.05) is 0 Å². The van der Waals surface area contributed by atoms with Gasteiger partial charge in [-0.2, -0.15) is 0 Å². The predicted octanol–water partition coefficient (Wildman–Crippen LogP) is 5.24. The topological polar surface area (TPSA) is 52.6 Å². The van der Waals surface area contributed by atoms with Crippen molar-refractivity contribution in [1.29, 1.82) is 0 Å². The molecular formula is C19H27ClO4. The van der Waals surface area contributed by atoms with Crippen LogP contribution in [0.2, 0.25) is 5.02 Å². The Balaban J connectivity index is 2.15. The van der Waals surface area contributed by atoms with E-state index in [-0.39, 0.29) is 18.8 Å². The van der Waals surface area contributed by atoms with Crippen LogP contribution in [0.25, 0.3) is 0 Å². The van der Waals surface area contributed by atoms with Crippen LogP contribution in [0.1, 0.15) is 63.9 Å². The summed E-state index contributed by atoms with van der Waals surface area (Å²) >= 11 is 5.96. The Kier molecular flexibility index (Phi) is 10.2. The summed E-state index contributed by atoms with van der Waals surface area (Å²) in [6, 6.07) is 5.20. The minimum atomic E-state index is -0.487. The lowest BCUT2D eigenvalue weighted by atomic mass is 10.1. The minimum Gasteiger partial charge on any atom is -0.466 e. The van der Waals surface area contributed by atoms with Crippen molar-refractivity contribution in [2.24, 2.45) is 0 Å². The van der Waals surface area contributed by atoms with Crippen LogP contribution in [0, 0.1) is 6.92 Å². The average Bonchev–Trinajstić information content (AvgIpc) is 2.55. The second-order valence-electron chi connectivity index (χ2n) is 5.90. The van der Waals surface area contributed by atoms with Crippen LogP contribution in [0.4, 0.5) is 0 Å². The molecule has 0 fully saturated rings. The molecule has 0 bridgehead atoms. The minimum absolute atomic E-state index is 0.0143. The van der Waals surface area contributed by atoms with Crippen LogP contribution in [-0.4, -0.2) is 18.5 Å². The fourth-order valence-electron chi connectivity index (χ4n) is 2.21. The van der Waals surface area contributed by atoms with Gasteiger partial charge in [0.2, 0.25) is 0 Å². The van der Waals surface area contributed by atoms with Crippen molar-refractivity contribution in [2.75, 3.05) is 6.61 Å². The average molecular weight is 355 g/mol. The zero-order chi connectivity index (χ0) is 17.8. The molecule has 4 nitrogen and oxygen atoms in total. The Bertz CT molecular complexity index is 528. The van der Waals surface area contributed by atoms with Gasteiger partial charge < -0.3 is 9.47 Å². The molecule has 0 aliphatic rings. The van der Waals surface area contributed by atoms with Crippen LogP contribution in [0.15, 0.2) is 18.2 Å². The molecule has 24 heavy (non-hydrogen) atoms. The summed E-state index contributed by atoms with van der Waals surface area (Å²) in [5.74, 6) is -0.531. The highest BCUT2D eigenvalue weighted by Crippen LogP contribution is 2.25. The van der Waals surface area contributed by atoms with E-state index in [1.165, 1.54) is 25.7 Å². The Morgan fingerprint density at radius 2 is 1.67 bits per heavy atom. The summed E-state index contributed by atoms with van der Waals surface area (Å²) in [6.45, 7) is 4.48. The molecule has 0 amide bonds. The lowest BCUT2D eigenvalue weighted by Crippen LogP contribution is -2.13. The summed E-state index contributed by atoms with van der Waals surface area (Å²) in [6.07, 6.45) is 6.84. The van der Waals surface area contributed by atoms with Crippen molar-refractivity contribution in [3.05, 3.63) is 28.8 Å². The Morgan fingerprint density at radius 1 is 1.00 bits per heavy atom. The van der Waals surface area contributed by atoms with Crippen molar-refractivity contribution in [3.63, 3.8) is 0 Å². The van der Waals surface area contributed by atoms with Gasteiger partial charge in [-0.25, -0.2) is 0 Å². The van der Waals surface area contributed by atoms with Crippen molar-refractivity contribution in [2.45, 2.75) is 65.2 Å². The predicted molar refractivity (Wildman–Crippen MR) is 95.4 cm³/mol. The summed E-state index contributed by atoms with van der Waals surface area (Å²) in [5, 5.41) is 0.375. The number of aryl methyl sites for hydroxylation is 1. The maximum Gasteiger partial charge on any atom is 0.311 e. The van der Waals surface area contributed by atoms with Crippen LogP contribution in [-0.2, 0) is 14.3 Å². The molecule has 1 aromatic carbocycles. The van der Waals surface area contributed by atoms with E-state index in [9.17, 15) is 9.59 Å².